The topological polar surface area (TPSA) is 47.6 Å². The Balaban J connectivity index is 1.78. The second-order valence-electron chi connectivity index (χ2n) is 4.33. The molecule has 2 rings (SSSR count). The lowest BCUT2D eigenvalue weighted by molar-refractivity contribution is -0.123. The van der Waals surface area contributed by atoms with Gasteiger partial charge in [-0.05, 0) is 35.9 Å². The van der Waals surface area contributed by atoms with Crippen LogP contribution in [-0.2, 0) is 11.3 Å². The molecule has 0 aromatic heterocycles. The molecule has 0 heterocycles. The van der Waals surface area contributed by atoms with Crippen molar-refractivity contribution >= 4 is 17.5 Å². The van der Waals surface area contributed by atoms with Crippen LogP contribution in [0.3, 0.4) is 0 Å². The largest absolute Gasteiger partial charge is 0.497 e. The first-order valence-electron chi connectivity index (χ1n) is 6.46. The minimum atomic E-state index is -0.203. The fourth-order valence-electron chi connectivity index (χ4n) is 1.71. The lowest BCUT2D eigenvalue weighted by Crippen LogP contribution is -2.28. The lowest BCUT2D eigenvalue weighted by atomic mass is 10.2. The molecule has 4 nitrogen and oxygen atoms in total. The van der Waals surface area contributed by atoms with Crippen molar-refractivity contribution in [2.45, 2.75) is 6.54 Å². The van der Waals surface area contributed by atoms with E-state index in [-0.39, 0.29) is 12.5 Å². The van der Waals surface area contributed by atoms with Crippen LogP contribution >= 0.6 is 11.6 Å². The maximum absolute atomic E-state index is 11.7. The molecule has 2 aromatic carbocycles. The third-order valence-corrected chi connectivity index (χ3v) is 3.23. The number of benzene rings is 2. The van der Waals surface area contributed by atoms with E-state index in [1.807, 2.05) is 18.2 Å². The van der Waals surface area contributed by atoms with Gasteiger partial charge in [0, 0.05) is 11.6 Å². The van der Waals surface area contributed by atoms with Gasteiger partial charge in [0.2, 0.25) is 0 Å². The Morgan fingerprint density at radius 3 is 2.43 bits per heavy atom. The van der Waals surface area contributed by atoms with Crippen LogP contribution in [0.5, 0.6) is 11.5 Å². The lowest BCUT2D eigenvalue weighted by Gasteiger charge is -2.09. The zero-order valence-electron chi connectivity index (χ0n) is 11.6. The van der Waals surface area contributed by atoms with Gasteiger partial charge in [-0.2, -0.15) is 0 Å². The average Bonchev–Trinajstić information content (AvgIpc) is 2.52. The molecule has 0 aliphatic carbocycles. The molecule has 0 unspecified atom stereocenters. The summed E-state index contributed by atoms with van der Waals surface area (Å²) in [5.74, 6) is 1.15. The van der Waals surface area contributed by atoms with E-state index in [1.165, 1.54) is 0 Å². The highest BCUT2D eigenvalue weighted by molar-refractivity contribution is 6.31. The Kier molecular flexibility index (Phi) is 5.46. The maximum Gasteiger partial charge on any atom is 0.258 e. The van der Waals surface area contributed by atoms with Crippen LogP contribution in [0.1, 0.15) is 5.56 Å². The quantitative estimate of drug-likeness (QED) is 0.892. The van der Waals surface area contributed by atoms with Gasteiger partial charge in [0.25, 0.3) is 5.91 Å². The van der Waals surface area contributed by atoms with Crippen molar-refractivity contribution in [1.29, 1.82) is 0 Å². The van der Waals surface area contributed by atoms with Crippen LogP contribution < -0.4 is 14.8 Å². The third-order valence-electron chi connectivity index (χ3n) is 2.86. The molecule has 0 saturated heterocycles. The van der Waals surface area contributed by atoms with Crippen molar-refractivity contribution < 1.29 is 14.3 Å². The number of methoxy groups -OCH3 is 1. The summed E-state index contributed by atoms with van der Waals surface area (Å²) in [7, 11) is 1.60. The Labute approximate surface area is 128 Å². The van der Waals surface area contributed by atoms with Crippen molar-refractivity contribution in [2.24, 2.45) is 0 Å². The fraction of sp³-hybridized carbons (Fsp3) is 0.188. The highest BCUT2D eigenvalue weighted by Gasteiger charge is 2.05. The van der Waals surface area contributed by atoms with E-state index >= 15 is 0 Å². The summed E-state index contributed by atoms with van der Waals surface area (Å²) in [6.07, 6.45) is 0. The van der Waals surface area contributed by atoms with E-state index in [9.17, 15) is 4.79 Å². The number of carbonyl (C=O) groups excluding carboxylic acids is 1. The summed E-state index contributed by atoms with van der Waals surface area (Å²) in [5.41, 5.74) is 0.872. The summed E-state index contributed by atoms with van der Waals surface area (Å²) in [4.78, 5) is 11.7. The minimum Gasteiger partial charge on any atom is -0.497 e. The molecule has 0 atom stereocenters. The zero-order valence-corrected chi connectivity index (χ0v) is 12.4. The van der Waals surface area contributed by atoms with Gasteiger partial charge in [-0.3, -0.25) is 4.79 Å². The van der Waals surface area contributed by atoms with E-state index < -0.39 is 0 Å². The number of nitrogens with one attached hydrogen (secondary N) is 1. The molecule has 0 spiro atoms. The summed E-state index contributed by atoms with van der Waals surface area (Å²) in [5, 5.41) is 3.39. The van der Waals surface area contributed by atoms with E-state index in [2.05, 4.69) is 5.32 Å². The highest BCUT2D eigenvalue weighted by atomic mass is 35.5. The number of halogens is 1. The van der Waals surface area contributed by atoms with Crippen LogP contribution in [0.4, 0.5) is 0 Å². The summed E-state index contributed by atoms with van der Waals surface area (Å²) in [6, 6.07) is 14.4. The van der Waals surface area contributed by atoms with E-state index in [4.69, 9.17) is 21.1 Å². The fourth-order valence-corrected chi connectivity index (χ4v) is 1.91. The van der Waals surface area contributed by atoms with Crippen LogP contribution in [0.15, 0.2) is 48.5 Å². The molecule has 0 fully saturated rings. The Bertz CT molecular complexity index is 599. The van der Waals surface area contributed by atoms with Crippen molar-refractivity contribution in [3.05, 3.63) is 59.1 Å². The van der Waals surface area contributed by atoms with Crippen molar-refractivity contribution in [3.8, 4) is 11.5 Å². The molecule has 0 bridgehead atoms. The SMILES string of the molecule is COc1ccc(OCC(=O)NCc2ccccc2Cl)cc1. The van der Waals surface area contributed by atoms with Crippen LogP contribution in [0.2, 0.25) is 5.02 Å². The van der Waals surface area contributed by atoms with Gasteiger partial charge >= 0.3 is 0 Å². The number of rotatable bonds is 6. The van der Waals surface area contributed by atoms with Gasteiger partial charge in [-0.15, -0.1) is 0 Å². The van der Waals surface area contributed by atoms with Crippen molar-refractivity contribution in [3.63, 3.8) is 0 Å². The van der Waals surface area contributed by atoms with E-state index in [0.717, 1.165) is 11.3 Å². The van der Waals surface area contributed by atoms with Crippen LogP contribution in [0, 0.1) is 0 Å². The molecule has 0 saturated carbocycles. The van der Waals surface area contributed by atoms with E-state index in [1.54, 1.807) is 37.4 Å². The predicted molar refractivity (Wildman–Crippen MR) is 81.8 cm³/mol. The molecule has 0 radical (unpaired) electrons. The normalized spacial score (nSPS) is 10.0. The highest BCUT2D eigenvalue weighted by Crippen LogP contribution is 2.17. The minimum absolute atomic E-state index is 0.0449. The molecular formula is C16H16ClNO3. The second-order valence-corrected chi connectivity index (χ2v) is 4.74. The molecule has 1 N–H and O–H groups in total. The van der Waals surface area contributed by atoms with Crippen LogP contribution in [0.25, 0.3) is 0 Å². The summed E-state index contributed by atoms with van der Waals surface area (Å²) in [6.45, 7) is 0.335. The Hall–Kier alpha value is -2.20. The molecular weight excluding hydrogens is 290 g/mol. The van der Waals surface area contributed by atoms with Gasteiger partial charge < -0.3 is 14.8 Å². The van der Waals surface area contributed by atoms with Gasteiger partial charge in [-0.1, -0.05) is 29.8 Å². The van der Waals surface area contributed by atoms with Gasteiger partial charge in [0.05, 0.1) is 7.11 Å². The number of hydrogen-bond acceptors (Lipinski definition) is 3. The van der Waals surface area contributed by atoms with E-state index in [0.29, 0.717) is 17.3 Å². The third kappa shape index (κ3) is 4.68. The molecule has 2 aromatic rings. The Morgan fingerprint density at radius 2 is 1.76 bits per heavy atom. The maximum atomic E-state index is 11.7. The second kappa shape index (κ2) is 7.55. The van der Waals surface area contributed by atoms with Gasteiger partial charge in [0.1, 0.15) is 11.5 Å². The van der Waals surface area contributed by atoms with Crippen molar-refractivity contribution in [2.75, 3.05) is 13.7 Å². The van der Waals surface area contributed by atoms with Crippen LogP contribution in [-0.4, -0.2) is 19.6 Å². The number of amides is 1. The van der Waals surface area contributed by atoms with Gasteiger partial charge in [0.15, 0.2) is 6.61 Å². The first kappa shape index (κ1) is 15.2. The molecule has 0 aliphatic rings. The van der Waals surface area contributed by atoms with Crippen molar-refractivity contribution in [1.82, 2.24) is 5.32 Å². The first-order valence-corrected chi connectivity index (χ1v) is 6.84. The molecule has 21 heavy (non-hydrogen) atoms. The Morgan fingerprint density at radius 1 is 1.10 bits per heavy atom. The average molecular weight is 306 g/mol. The summed E-state index contributed by atoms with van der Waals surface area (Å²) < 4.78 is 10.4. The predicted octanol–water partition coefficient (Wildman–Crippen LogP) is 3.04. The molecule has 5 heteroatoms. The smallest absolute Gasteiger partial charge is 0.258 e. The monoisotopic (exact) mass is 305 g/mol. The molecule has 110 valence electrons. The number of hydrogen-bond donors (Lipinski definition) is 1. The zero-order chi connectivity index (χ0) is 15.1. The summed E-state index contributed by atoms with van der Waals surface area (Å²) >= 11 is 6.01. The van der Waals surface area contributed by atoms with Gasteiger partial charge in [-0.25, -0.2) is 0 Å². The number of carbonyl (C=O) groups is 1. The number of ether oxygens (including phenoxy) is 2. The first-order chi connectivity index (χ1) is 10.2. The molecule has 1 amide bonds. The molecule has 0 aliphatic heterocycles. The standard InChI is InChI=1S/C16H16ClNO3/c1-20-13-6-8-14(9-7-13)21-11-16(19)18-10-12-4-2-3-5-15(12)17/h2-9H,10-11H2,1H3,(H,18,19).